The van der Waals surface area contributed by atoms with Gasteiger partial charge >= 0.3 is 0 Å². The molecule has 3 aromatic heterocycles. The molecule has 0 unspecified atom stereocenters. The molecule has 0 aliphatic rings. The number of carbonyl (C=O) groups excluding carboxylic acids is 4. The van der Waals surface area contributed by atoms with Gasteiger partial charge in [-0.05, 0) is 55.0 Å². The number of rotatable bonds is 13. The number of ketones is 4. The Kier molecular flexibility index (Phi) is 8.41. The molecule has 0 radical (unpaired) electrons. The molecule has 0 saturated carbocycles. The molecule has 6 aromatic rings. The molecule has 3 aromatic carbocycles. The summed E-state index contributed by atoms with van der Waals surface area (Å²) in [5.74, 6) is -0.414. The van der Waals surface area contributed by atoms with Gasteiger partial charge in [0.1, 0.15) is 12.3 Å². The number of carbonyl (C=O) groups is 4. The summed E-state index contributed by atoms with van der Waals surface area (Å²) in [5.41, 5.74) is 4.92. The summed E-state index contributed by atoms with van der Waals surface area (Å²) in [7, 11) is 0. The zero-order valence-corrected chi connectivity index (χ0v) is 24.6. The fourth-order valence-corrected chi connectivity index (χ4v) is 5.28. The third-order valence-electron chi connectivity index (χ3n) is 7.82. The number of hydrogen-bond donors (Lipinski definition) is 2. The maximum atomic E-state index is 13.1. The van der Waals surface area contributed by atoms with E-state index in [1.165, 1.54) is 0 Å². The third kappa shape index (κ3) is 6.62. The molecule has 0 spiro atoms. The van der Waals surface area contributed by atoms with E-state index in [1.807, 2.05) is 30.5 Å². The summed E-state index contributed by atoms with van der Waals surface area (Å²) >= 11 is 0. The van der Waals surface area contributed by atoms with Crippen LogP contribution in [-0.4, -0.2) is 43.3 Å². The van der Waals surface area contributed by atoms with Crippen LogP contribution < -0.4 is 4.74 Å². The quantitative estimate of drug-likeness (QED) is 0.136. The third-order valence-corrected chi connectivity index (χ3v) is 7.82. The summed E-state index contributed by atoms with van der Waals surface area (Å²) in [4.78, 5) is 59.3. The number of fused-ring (bicyclic) bond motifs is 2. The van der Waals surface area contributed by atoms with Crippen molar-refractivity contribution in [2.45, 2.75) is 39.2 Å². The van der Waals surface area contributed by atoms with Gasteiger partial charge < -0.3 is 9.72 Å². The predicted octanol–water partition coefficient (Wildman–Crippen LogP) is 7.02. The molecule has 0 aliphatic carbocycles. The summed E-state index contributed by atoms with van der Waals surface area (Å²) in [6.07, 6.45) is 3.69. The van der Waals surface area contributed by atoms with Gasteiger partial charge in [-0.15, -0.1) is 0 Å². The van der Waals surface area contributed by atoms with E-state index in [0.29, 0.717) is 27.8 Å². The second-order valence-electron chi connectivity index (χ2n) is 10.9. The molecule has 0 amide bonds. The maximum Gasteiger partial charge on any atom is 0.214 e. The molecule has 9 heteroatoms. The minimum atomic E-state index is -0.258. The Morgan fingerprint density at radius 1 is 0.711 bits per heavy atom. The van der Waals surface area contributed by atoms with E-state index in [4.69, 9.17) is 4.74 Å². The van der Waals surface area contributed by atoms with Gasteiger partial charge in [-0.2, -0.15) is 5.10 Å². The van der Waals surface area contributed by atoms with Crippen LogP contribution in [0.15, 0.2) is 91.3 Å². The highest BCUT2D eigenvalue weighted by Crippen LogP contribution is 2.21. The Labute approximate surface area is 258 Å². The number of H-pyrrole nitrogens is 2. The van der Waals surface area contributed by atoms with Crippen molar-refractivity contribution in [1.29, 1.82) is 0 Å². The molecule has 0 saturated heterocycles. The predicted molar refractivity (Wildman–Crippen MR) is 170 cm³/mol. The van der Waals surface area contributed by atoms with Crippen molar-refractivity contribution in [2.24, 2.45) is 0 Å². The number of ether oxygens (including phenoxy) is 1. The first kappa shape index (κ1) is 29.4. The fraction of sp³-hybridized carbons (Fsp3) is 0.167. The van der Waals surface area contributed by atoms with E-state index < -0.39 is 0 Å². The van der Waals surface area contributed by atoms with Crippen molar-refractivity contribution in [3.63, 3.8) is 0 Å². The normalized spacial score (nSPS) is 11.1. The first-order valence-electron chi connectivity index (χ1n) is 14.7. The number of aromatic amines is 2. The molecule has 6 rings (SSSR count). The number of aryl methyl sites for hydroxylation is 1. The van der Waals surface area contributed by atoms with Crippen LogP contribution >= 0.6 is 0 Å². The largest absolute Gasteiger partial charge is 0.473 e. The first-order valence-corrected chi connectivity index (χ1v) is 14.7. The van der Waals surface area contributed by atoms with Crippen molar-refractivity contribution in [2.75, 3.05) is 0 Å². The second kappa shape index (κ2) is 12.9. The van der Waals surface area contributed by atoms with Crippen LogP contribution in [-0.2, 0) is 6.61 Å². The molecular formula is C36H30N4O5. The average Bonchev–Trinajstić information content (AvgIpc) is 3.74. The summed E-state index contributed by atoms with van der Waals surface area (Å²) < 4.78 is 5.92. The molecule has 0 atom stereocenters. The van der Waals surface area contributed by atoms with Crippen LogP contribution in [0.1, 0.15) is 78.4 Å². The van der Waals surface area contributed by atoms with Crippen molar-refractivity contribution < 1.29 is 23.9 Å². The Hall–Kier alpha value is -5.70. The molecule has 2 N–H and O–H groups in total. The van der Waals surface area contributed by atoms with Gasteiger partial charge in [-0.25, -0.2) is 4.98 Å². The number of aromatic nitrogens is 4. The van der Waals surface area contributed by atoms with Crippen molar-refractivity contribution in [3.8, 4) is 5.88 Å². The highest BCUT2D eigenvalue weighted by molar-refractivity contribution is 6.05. The Morgan fingerprint density at radius 2 is 1.40 bits per heavy atom. The number of Topliss-reactive ketones (excluding diaryl/α,β-unsaturated/α-hetero) is 4. The second-order valence-corrected chi connectivity index (χ2v) is 10.9. The smallest absolute Gasteiger partial charge is 0.214 e. The van der Waals surface area contributed by atoms with Gasteiger partial charge in [0.05, 0.1) is 11.7 Å². The number of pyridine rings is 1. The highest BCUT2D eigenvalue weighted by atomic mass is 16.5. The molecule has 0 bridgehead atoms. The van der Waals surface area contributed by atoms with Gasteiger partial charge in [0, 0.05) is 76.5 Å². The van der Waals surface area contributed by atoms with Crippen LogP contribution in [0.4, 0.5) is 0 Å². The van der Waals surface area contributed by atoms with E-state index in [1.54, 1.807) is 67.7 Å². The molecule has 3 heterocycles. The summed E-state index contributed by atoms with van der Waals surface area (Å²) in [5, 5.41) is 8.60. The lowest BCUT2D eigenvalue weighted by Crippen LogP contribution is -2.11. The van der Waals surface area contributed by atoms with Gasteiger partial charge in [0.2, 0.25) is 5.88 Å². The van der Waals surface area contributed by atoms with Crippen LogP contribution in [0.3, 0.4) is 0 Å². The van der Waals surface area contributed by atoms with Crippen LogP contribution in [0.25, 0.3) is 21.8 Å². The Morgan fingerprint density at radius 3 is 2.20 bits per heavy atom. The molecule has 0 aliphatic heterocycles. The van der Waals surface area contributed by atoms with Gasteiger partial charge in [-0.1, -0.05) is 30.3 Å². The lowest BCUT2D eigenvalue weighted by molar-refractivity contribution is 0.0913. The Balaban J connectivity index is 1.06. The lowest BCUT2D eigenvalue weighted by Gasteiger charge is -2.12. The van der Waals surface area contributed by atoms with Crippen LogP contribution in [0, 0.1) is 6.92 Å². The van der Waals surface area contributed by atoms with E-state index in [2.05, 4.69) is 20.2 Å². The topological polar surface area (TPSA) is 135 Å². The van der Waals surface area contributed by atoms with Crippen molar-refractivity contribution >= 4 is 44.9 Å². The fourth-order valence-electron chi connectivity index (χ4n) is 5.28. The van der Waals surface area contributed by atoms with Gasteiger partial charge in [0.15, 0.2) is 23.1 Å². The van der Waals surface area contributed by atoms with Gasteiger partial charge in [0.25, 0.3) is 0 Å². The monoisotopic (exact) mass is 598 g/mol. The minimum Gasteiger partial charge on any atom is -0.473 e. The van der Waals surface area contributed by atoms with E-state index >= 15 is 0 Å². The zero-order valence-electron chi connectivity index (χ0n) is 24.6. The first-order chi connectivity index (χ1) is 21.9. The summed E-state index contributed by atoms with van der Waals surface area (Å²) in [6, 6.07) is 23.1. The number of benzene rings is 3. The summed E-state index contributed by atoms with van der Waals surface area (Å²) in [6.45, 7) is 1.84. The number of nitrogens with one attached hydrogen (secondary N) is 2. The standard InChI is InChI=1S/C36H30N4O5/c1-22-6-15-35(39-36(22)34(44)14-12-32(42)25-8-10-30-27(19-25)20-38-40-30)45-21-26-4-2-3-5-28(26)33(43)13-11-31(41)24-7-9-29-23(18-24)16-17-37-29/h2-10,15-20,37H,11-14,21H2,1H3,(H,38,40). The van der Waals surface area contributed by atoms with Crippen LogP contribution in [0.5, 0.6) is 5.88 Å². The van der Waals surface area contributed by atoms with E-state index in [0.717, 1.165) is 21.8 Å². The SMILES string of the molecule is Cc1ccc(OCc2ccccc2C(=O)CCC(=O)c2ccc3[nH]ccc3c2)nc1C(=O)CCC(=O)c1ccc2[nH]ncc2c1. The van der Waals surface area contributed by atoms with E-state index in [-0.39, 0.29) is 67.0 Å². The maximum absolute atomic E-state index is 13.1. The van der Waals surface area contributed by atoms with E-state index in [9.17, 15) is 19.2 Å². The molecule has 45 heavy (non-hydrogen) atoms. The van der Waals surface area contributed by atoms with Gasteiger partial charge in [-0.3, -0.25) is 24.3 Å². The Bertz CT molecular complexity index is 2070. The molecular weight excluding hydrogens is 568 g/mol. The zero-order chi connectivity index (χ0) is 31.3. The molecule has 224 valence electrons. The average molecular weight is 599 g/mol. The van der Waals surface area contributed by atoms with Crippen molar-refractivity contribution in [1.82, 2.24) is 20.2 Å². The number of nitrogens with zero attached hydrogens (tertiary/aromatic N) is 2. The highest BCUT2D eigenvalue weighted by Gasteiger charge is 2.18. The van der Waals surface area contributed by atoms with Crippen LogP contribution in [0.2, 0.25) is 0 Å². The van der Waals surface area contributed by atoms with Crippen molar-refractivity contribution in [3.05, 3.63) is 125 Å². The molecule has 9 nitrogen and oxygen atoms in total. The lowest BCUT2D eigenvalue weighted by atomic mass is 9.98. The minimum absolute atomic E-state index is 0.00858. The number of hydrogen-bond acceptors (Lipinski definition) is 7. The molecule has 0 fully saturated rings.